The van der Waals surface area contributed by atoms with E-state index in [1.807, 2.05) is 37.4 Å². The molecule has 5 nitrogen and oxygen atoms in total. The van der Waals surface area contributed by atoms with Crippen molar-refractivity contribution < 1.29 is 14.7 Å². The van der Waals surface area contributed by atoms with Gasteiger partial charge in [0.15, 0.2) is 0 Å². The lowest BCUT2D eigenvalue weighted by molar-refractivity contribution is -0.141. The second kappa shape index (κ2) is 9.41. The summed E-state index contributed by atoms with van der Waals surface area (Å²) < 4.78 is 0. The molecule has 0 saturated carbocycles. The molecule has 1 aromatic carbocycles. The van der Waals surface area contributed by atoms with Crippen LogP contribution in [0.25, 0.3) is 0 Å². The highest BCUT2D eigenvalue weighted by atomic mass is 32.2. The van der Waals surface area contributed by atoms with Crippen molar-refractivity contribution in [1.82, 2.24) is 10.6 Å². The molecule has 3 N–H and O–H groups in total. The first kappa shape index (κ1) is 17.5. The molecular formula is C15H22N2O3S. The molecule has 1 rings (SSSR count). The molecule has 0 heterocycles. The number of rotatable bonds is 9. The number of carbonyl (C=O) groups excluding carboxylic acids is 1. The number of aliphatic carboxylic acids is 1. The summed E-state index contributed by atoms with van der Waals surface area (Å²) in [6.07, 6.45) is 2.34. The zero-order chi connectivity index (χ0) is 15.7. The molecule has 0 radical (unpaired) electrons. The monoisotopic (exact) mass is 310 g/mol. The molecule has 0 aliphatic heterocycles. The fourth-order valence-corrected chi connectivity index (χ4v) is 2.33. The Bertz CT molecular complexity index is 480. The average Bonchev–Trinajstić information content (AvgIpc) is 2.45. The third-order valence-corrected chi connectivity index (χ3v) is 3.75. The molecule has 0 spiro atoms. The van der Waals surface area contributed by atoms with Gasteiger partial charge in [0.2, 0.25) is 5.91 Å². The number of benzene rings is 1. The van der Waals surface area contributed by atoms with Crippen LogP contribution in [0.5, 0.6) is 0 Å². The van der Waals surface area contributed by atoms with Gasteiger partial charge in [-0.05, 0) is 36.5 Å². The van der Waals surface area contributed by atoms with Crippen molar-refractivity contribution >= 4 is 23.6 Å². The van der Waals surface area contributed by atoms with Crippen molar-refractivity contribution in [2.75, 3.05) is 18.6 Å². The minimum absolute atomic E-state index is 0.109. The van der Waals surface area contributed by atoms with Gasteiger partial charge >= 0.3 is 5.97 Å². The van der Waals surface area contributed by atoms with E-state index in [-0.39, 0.29) is 12.5 Å². The van der Waals surface area contributed by atoms with Crippen LogP contribution in [0, 0.1) is 6.92 Å². The van der Waals surface area contributed by atoms with Crippen LogP contribution in [-0.4, -0.2) is 41.6 Å². The third-order valence-electron chi connectivity index (χ3n) is 3.11. The van der Waals surface area contributed by atoms with E-state index in [1.165, 1.54) is 0 Å². The van der Waals surface area contributed by atoms with Gasteiger partial charge in [-0.3, -0.25) is 4.79 Å². The largest absolute Gasteiger partial charge is 0.480 e. The van der Waals surface area contributed by atoms with Crippen molar-refractivity contribution in [1.29, 1.82) is 0 Å². The van der Waals surface area contributed by atoms with Crippen LogP contribution in [-0.2, 0) is 16.1 Å². The second-order valence-corrected chi connectivity index (χ2v) is 5.76. The molecule has 0 saturated heterocycles. The molecule has 0 bridgehead atoms. The number of aryl methyl sites for hydroxylation is 1. The molecule has 21 heavy (non-hydrogen) atoms. The standard InChI is InChI=1S/C15H22N2O3S/c1-11-5-3-4-6-12(11)9-16-10-14(18)17-13(15(19)20)7-8-21-2/h3-6,13,16H,7-10H2,1-2H3,(H,17,18)(H,19,20)/t13-/m0/s1. The molecule has 1 aromatic rings. The van der Waals surface area contributed by atoms with Gasteiger partial charge in [-0.2, -0.15) is 11.8 Å². The van der Waals surface area contributed by atoms with Crippen LogP contribution in [0.4, 0.5) is 0 Å². The number of amides is 1. The number of carboxylic acid groups (broad SMARTS) is 1. The Balaban J connectivity index is 2.36. The second-order valence-electron chi connectivity index (χ2n) is 4.77. The van der Waals surface area contributed by atoms with E-state index in [9.17, 15) is 9.59 Å². The Labute approximate surface area is 129 Å². The Morgan fingerprint density at radius 1 is 1.33 bits per heavy atom. The number of hydrogen-bond donors (Lipinski definition) is 3. The van der Waals surface area contributed by atoms with Gasteiger partial charge in [-0.25, -0.2) is 4.79 Å². The zero-order valence-corrected chi connectivity index (χ0v) is 13.2. The minimum Gasteiger partial charge on any atom is -0.480 e. The Hall–Kier alpha value is -1.53. The number of thioether (sulfide) groups is 1. The lowest BCUT2D eigenvalue weighted by Gasteiger charge is -2.14. The van der Waals surface area contributed by atoms with Gasteiger partial charge in [-0.15, -0.1) is 0 Å². The number of carbonyl (C=O) groups is 2. The van der Waals surface area contributed by atoms with Crippen molar-refractivity contribution in [3.8, 4) is 0 Å². The fraction of sp³-hybridized carbons (Fsp3) is 0.467. The van der Waals surface area contributed by atoms with Crippen molar-refractivity contribution in [2.45, 2.75) is 25.9 Å². The molecule has 0 aliphatic carbocycles. The van der Waals surface area contributed by atoms with Gasteiger partial charge < -0.3 is 15.7 Å². The van der Waals surface area contributed by atoms with Crippen molar-refractivity contribution in [2.24, 2.45) is 0 Å². The Kier molecular flexibility index (Phi) is 7.85. The summed E-state index contributed by atoms with van der Waals surface area (Å²) in [5.74, 6) is -0.582. The maximum Gasteiger partial charge on any atom is 0.326 e. The molecule has 0 aromatic heterocycles. The van der Waals surface area contributed by atoms with Crippen LogP contribution in [0.2, 0.25) is 0 Å². The topological polar surface area (TPSA) is 78.4 Å². The van der Waals surface area contributed by atoms with E-state index in [0.29, 0.717) is 18.7 Å². The van der Waals surface area contributed by atoms with E-state index in [0.717, 1.165) is 11.1 Å². The highest BCUT2D eigenvalue weighted by Gasteiger charge is 2.18. The predicted molar refractivity (Wildman–Crippen MR) is 85.5 cm³/mol. The molecule has 0 aliphatic rings. The number of nitrogens with one attached hydrogen (secondary N) is 2. The summed E-state index contributed by atoms with van der Waals surface area (Å²) in [6.45, 7) is 2.71. The molecule has 0 fully saturated rings. The van der Waals surface area contributed by atoms with E-state index >= 15 is 0 Å². The van der Waals surface area contributed by atoms with Crippen LogP contribution in [0.3, 0.4) is 0 Å². The average molecular weight is 310 g/mol. The van der Waals surface area contributed by atoms with Gasteiger partial charge in [0.25, 0.3) is 0 Å². The summed E-state index contributed by atoms with van der Waals surface area (Å²) in [4.78, 5) is 22.8. The maximum absolute atomic E-state index is 11.8. The van der Waals surface area contributed by atoms with Crippen LogP contribution in [0.1, 0.15) is 17.5 Å². The molecule has 116 valence electrons. The summed E-state index contributed by atoms with van der Waals surface area (Å²) in [5, 5.41) is 14.6. The van der Waals surface area contributed by atoms with E-state index in [1.54, 1.807) is 11.8 Å². The Morgan fingerprint density at radius 3 is 2.67 bits per heavy atom. The first-order valence-corrected chi connectivity index (χ1v) is 8.20. The van der Waals surface area contributed by atoms with Crippen LogP contribution < -0.4 is 10.6 Å². The molecule has 1 amide bonds. The first-order valence-electron chi connectivity index (χ1n) is 6.81. The summed E-state index contributed by atoms with van der Waals surface area (Å²) in [5.41, 5.74) is 2.29. The first-order chi connectivity index (χ1) is 10.0. The molecule has 0 unspecified atom stereocenters. The van der Waals surface area contributed by atoms with Crippen molar-refractivity contribution in [3.63, 3.8) is 0 Å². The number of carboxylic acids is 1. The highest BCUT2D eigenvalue weighted by Crippen LogP contribution is 2.05. The normalized spacial score (nSPS) is 11.9. The van der Waals surface area contributed by atoms with Crippen molar-refractivity contribution in [3.05, 3.63) is 35.4 Å². The van der Waals surface area contributed by atoms with E-state index < -0.39 is 12.0 Å². The molecule has 6 heteroatoms. The lowest BCUT2D eigenvalue weighted by atomic mass is 10.1. The minimum atomic E-state index is -0.990. The summed E-state index contributed by atoms with van der Waals surface area (Å²) in [7, 11) is 0. The fourth-order valence-electron chi connectivity index (χ4n) is 1.86. The third kappa shape index (κ3) is 6.64. The summed E-state index contributed by atoms with van der Waals surface area (Å²) in [6, 6.07) is 7.12. The Morgan fingerprint density at radius 2 is 2.05 bits per heavy atom. The smallest absolute Gasteiger partial charge is 0.326 e. The van der Waals surface area contributed by atoms with Gasteiger partial charge in [0.05, 0.1) is 6.54 Å². The number of hydrogen-bond acceptors (Lipinski definition) is 4. The van der Waals surface area contributed by atoms with E-state index in [2.05, 4.69) is 10.6 Å². The maximum atomic E-state index is 11.8. The van der Waals surface area contributed by atoms with Crippen LogP contribution in [0.15, 0.2) is 24.3 Å². The highest BCUT2D eigenvalue weighted by molar-refractivity contribution is 7.98. The van der Waals surface area contributed by atoms with Gasteiger partial charge in [-0.1, -0.05) is 24.3 Å². The molecular weight excluding hydrogens is 288 g/mol. The lowest BCUT2D eigenvalue weighted by Crippen LogP contribution is -2.44. The van der Waals surface area contributed by atoms with Crippen LogP contribution >= 0.6 is 11.8 Å². The zero-order valence-electron chi connectivity index (χ0n) is 12.4. The molecule has 1 atom stereocenters. The quantitative estimate of drug-likeness (QED) is 0.643. The summed E-state index contributed by atoms with van der Waals surface area (Å²) >= 11 is 1.56. The van der Waals surface area contributed by atoms with Gasteiger partial charge in [0, 0.05) is 6.54 Å². The SMILES string of the molecule is CSCC[C@H](NC(=O)CNCc1ccccc1C)C(=O)O. The van der Waals surface area contributed by atoms with Gasteiger partial charge in [0.1, 0.15) is 6.04 Å². The predicted octanol–water partition coefficient (Wildman–Crippen LogP) is 1.41. The van der Waals surface area contributed by atoms with E-state index in [4.69, 9.17) is 5.11 Å².